The van der Waals surface area contributed by atoms with Gasteiger partial charge in [0.2, 0.25) is 0 Å². The van der Waals surface area contributed by atoms with Crippen LogP contribution >= 0.6 is 0 Å². The summed E-state index contributed by atoms with van der Waals surface area (Å²) in [4.78, 5) is 3.92. The highest BCUT2D eigenvalue weighted by Gasteiger charge is 2.28. The minimum atomic E-state index is -4.17. The van der Waals surface area contributed by atoms with Gasteiger partial charge in [0.1, 0.15) is 5.76 Å². The van der Waals surface area contributed by atoms with Gasteiger partial charge in [-0.2, -0.15) is 13.2 Å². The molecular weight excluding hydrogens is 233 g/mol. The number of oxazole rings is 1. The molecule has 0 spiro atoms. The summed E-state index contributed by atoms with van der Waals surface area (Å²) in [6, 6.07) is 0. The fourth-order valence-corrected chi connectivity index (χ4v) is 1.25. The molecule has 0 radical (unpaired) electrons. The van der Waals surface area contributed by atoms with Gasteiger partial charge < -0.3 is 9.73 Å². The topological polar surface area (TPSA) is 38.1 Å². The van der Waals surface area contributed by atoms with Crippen LogP contribution in [0.3, 0.4) is 0 Å². The van der Waals surface area contributed by atoms with E-state index in [0.29, 0.717) is 18.0 Å². The largest absolute Gasteiger partial charge is 0.448 e. The van der Waals surface area contributed by atoms with E-state index >= 15 is 0 Å². The molecule has 0 saturated carbocycles. The van der Waals surface area contributed by atoms with Crippen molar-refractivity contribution in [3.63, 3.8) is 0 Å². The highest BCUT2D eigenvalue weighted by Crippen LogP contribution is 2.23. The first-order valence-corrected chi connectivity index (χ1v) is 5.40. The highest BCUT2D eigenvalue weighted by atomic mass is 19.4. The lowest BCUT2D eigenvalue weighted by Gasteiger charge is -2.19. The second-order valence-electron chi connectivity index (χ2n) is 4.94. The maximum atomic E-state index is 12.1. The van der Waals surface area contributed by atoms with Crippen LogP contribution in [0.4, 0.5) is 13.2 Å². The van der Waals surface area contributed by atoms with Gasteiger partial charge in [-0.05, 0) is 20.8 Å². The lowest BCUT2D eigenvalue weighted by Crippen LogP contribution is -2.35. The van der Waals surface area contributed by atoms with Gasteiger partial charge >= 0.3 is 6.18 Å². The molecule has 3 nitrogen and oxygen atoms in total. The third kappa shape index (κ3) is 5.72. The number of nitrogens with one attached hydrogen (secondary N) is 1. The molecule has 0 amide bonds. The van der Waals surface area contributed by atoms with Gasteiger partial charge in [0.15, 0.2) is 6.39 Å². The summed E-state index contributed by atoms with van der Waals surface area (Å²) in [7, 11) is 0. The van der Waals surface area contributed by atoms with Gasteiger partial charge in [-0.1, -0.05) is 0 Å². The van der Waals surface area contributed by atoms with Gasteiger partial charge in [0, 0.05) is 18.5 Å². The Morgan fingerprint density at radius 3 is 2.47 bits per heavy atom. The van der Waals surface area contributed by atoms with Crippen molar-refractivity contribution in [2.24, 2.45) is 0 Å². The van der Waals surface area contributed by atoms with E-state index in [9.17, 15) is 13.2 Å². The molecule has 0 bridgehead atoms. The molecule has 0 aromatic carbocycles. The minimum Gasteiger partial charge on any atom is -0.448 e. The third-order valence-electron chi connectivity index (χ3n) is 2.15. The monoisotopic (exact) mass is 250 g/mol. The molecule has 6 heteroatoms. The number of hydrogen-bond acceptors (Lipinski definition) is 3. The molecule has 0 unspecified atom stereocenters. The van der Waals surface area contributed by atoms with Crippen LogP contribution in [0.15, 0.2) is 10.8 Å². The van der Waals surface area contributed by atoms with Crippen molar-refractivity contribution in [1.82, 2.24) is 10.3 Å². The lowest BCUT2D eigenvalue weighted by atomic mass is 10.1. The summed E-state index contributed by atoms with van der Waals surface area (Å²) >= 11 is 0. The van der Waals surface area contributed by atoms with Crippen molar-refractivity contribution in [2.45, 2.75) is 51.9 Å². The number of alkyl halides is 3. The van der Waals surface area contributed by atoms with Crippen molar-refractivity contribution in [3.8, 4) is 0 Å². The van der Waals surface area contributed by atoms with Crippen LogP contribution < -0.4 is 5.32 Å². The first-order chi connectivity index (χ1) is 7.67. The average molecular weight is 250 g/mol. The van der Waals surface area contributed by atoms with E-state index in [1.54, 1.807) is 0 Å². The summed E-state index contributed by atoms with van der Waals surface area (Å²) in [5, 5.41) is 3.16. The van der Waals surface area contributed by atoms with Crippen molar-refractivity contribution in [3.05, 3.63) is 17.8 Å². The number of nitrogens with zero attached hydrogens (tertiary/aromatic N) is 1. The van der Waals surface area contributed by atoms with Crippen molar-refractivity contribution < 1.29 is 17.6 Å². The maximum Gasteiger partial charge on any atom is 0.389 e. The Morgan fingerprint density at radius 2 is 1.94 bits per heavy atom. The van der Waals surface area contributed by atoms with E-state index in [4.69, 9.17) is 4.42 Å². The number of aromatic nitrogens is 1. The van der Waals surface area contributed by atoms with Crippen LogP contribution in [-0.4, -0.2) is 16.7 Å². The smallest absolute Gasteiger partial charge is 0.389 e. The van der Waals surface area contributed by atoms with Gasteiger partial charge in [0.25, 0.3) is 0 Å². The molecule has 0 aliphatic rings. The number of aryl methyl sites for hydroxylation is 1. The molecule has 1 aromatic heterocycles. The minimum absolute atomic E-state index is 0.111. The Bertz CT molecular complexity index is 320. The van der Waals surface area contributed by atoms with E-state index < -0.39 is 12.6 Å². The lowest BCUT2D eigenvalue weighted by molar-refractivity contribution is -0.134. The van der Waals surface area contributed by atoms with Gasteiger partial charge in [0.05, 0.1) is 12.1 Å². The maximum absolute atomic E-state index is 12.1. The van der Waals surface area contributed by atoms with Crippen LogP contribution in [0.2, 0.25) is 0 Å². The fourth-order valence-electron chi connectivity index (χ4n) is 1.25. The molecule has 98 valence electrons. The summed E-state index contributed by atoms with van der Waals surface area (Å²) < 4.78 is 41.2. The van der Waals surface area contributed by atoms with Crippen LogP contribution in [0.5, 0.6) is 0 Å². The second-order valence-corrected chi connectivity index (χ2v) is 4.94. The predicted molar refractivity (Wildman–Crippen MR) is 57.5 cm³/mol. The van der Waals surface area contributed by atoms with Crippen molar-refractivity contribution in [2.75, 3.05) is 0 Å². The molecule has 0 fully saturated rings. The zero-order valence-corrected chi connectivity index (χ0v) is 10.2. The van der Waals surface area contributed by atoms with Crippen LogP contribution in [0, 0.1) is 0 Å². The van der Waals surface area contributed by atoms with E-state index in [1.807, 2.05) is 20.8 Å². The molecule has 0 aliphatic carbocycles. The molecule has 1 rings (SSSR count). The number of halogens is 3. The second kappa shape index (κ2) is 5.08. The van der Waals surface area contributed by atoms with Crippen LogP contribution in [-0.2, 0) is 13.0 Å². The van der Waals surface area contributed by atoms with Crippen LogP contribution in [0.25, 0.3) is 0 Å². The summed E-state index contributed by atoms with van der Waals surface area (Å²) in [5.74, 6) is 0.305. The first kappa shape index (κ1) is 14.0. The van der Waals surface area contributed by atoms with E-state index in [2.05, 4.69) is 10.3 Å². The normalized spacial score (nSPS) is 13.1. The van der Waals surface area contributed by atoms with E-state index in [1.165, 1.54) is 6.39 Å². The zero-order chi connectivity index (χ0) is 13.1. The number of rotatable bonds is 4. The van der Waals surface area contributed by atoms with Gasteiger partial charge in [-0.15, -0.1) is 0 Å². The molecule has 1 aromatic rings. The van der Waals surface area contributed by atoms with E-state index in [0.717, 1.165) is 0 Å². The van der Waals surface area contributed by atoms with E-state index in [-0.39, 0.29) is 12.0 Å². The molecule has 1 N–H and O–H groups in total. The molecule has 1 heterocycles. The summed E-state index contributed by atoms with van der Waals surface area (Å²) in [5.41, 5.74) is 0.435. The van der Waals surface area contributed by atoms with Crippen LogP contribution in [0.1, 0.15) is 38.6 Å². The van der Waals surface area contributed by atoms with Crippen molar-refractivity contribution >= 4 is 0 Å². The fraction of sp³-hybridized carbons (Fsp3) is 0.727. The third-order valence-corrected chi connectivity index (χ3v) is 2.15. The zero-order valence-electron chi connectivity index (χ0n) is 10.2. The molecule has 0 atom stereocenters. The Balaban J connectivity index is 2.54. The summed E-state index contributed by atoms with van der Waals surface area (Å²) in [6.45, 7) is 6.33. The van der Waals surface area contributed by atoms with Crippen molar-refractivity contribution in [1.29, 1.82) is 0 Å². The molecular formula is C11H17F3N2O. The Kier molecular flexibility index (Phi) is 4.19. The average Bonchev–Trinajstić information content (AvgIpc) is 2.56. The molecule has 0 aliphatic heterocycles. The Hall–Kier alpha value is -1.04. The predicted octanol–water partition coefficient (Wildman–Crippen LogP) is 3.06. The Morgan fingerprint density at radius 1 is 1.29 bits per heavy atom. The SMILES string of the molecule is CC(C)(C)NCc1ncoc1CCC(F)(F)F. The molecule has 17 heavy (non-hydrogen) atoms. The van der Waals surface area contributed by atoms with Gasteiger partial charge in [-0.3, -0.25) is 0 Å². The highest BCUT2D eigenvalue weighted by molar-refractivity contribution is 5.07. The standard InChI is InChI=1S/C11H17F3N2O/c1-10(2,3)16-6-8-9(17-7-15-8)4-5-11(12,13)14/h7,16H,4-6H2,1-3H3. The number of hydrogen-bond donors (Lipinski definition) is 1. The quantitative estimate of drug-likeness (QED) is 0.892. The Labute approximate surface area is 98.4 Å². The molecule has 0 saturated heterocycles. The first-order valence-electron chi connectivity index (χ1n) is 5.40. The van der Waals surface area contributed by atoms with Gasteiger partial charge in [-0.25, -0.2) is 4.98 Å². The summed E-state index contributed by atoms with van der Waals surface area (Å²) in [6.07, 6.45) is -4.03.